The second-order valence-corrected chi connectivity index (χ2v) is 7.69. The largest absolute Gasteiger partial charge is 0.507 e. The van der Waals surface area contributed by atoms with Gasteiger partial charge in [0.05, 0.1) is 7.11 Å². The molecule has 0 aliphatic rings. The number of aromatic hydroxyl groups is 1. The van der Waals surface area contributed by atoms with Gasteiger partial charge in [-0.25, -0.2) is 4.98 Å². The van der Waals surface area contributed by atoms with Crippen molar-refractivity contribution >= 4 is 23.0 Å². The van der Waals surface area contributed by atoms with Crippen LogP contribution in [0.15, 0.2) is 100 Å². The van der Waals surface area contributed by atoms with Crippen LogP contribution in [-0.2, 0) is 6.42 Å². The zero-order valence-corrected chi connectivity index (χ0v) is 18.1. The number of ether oxygens (including phenoxy) is 1. The van der Waals surface area contributed by atoms with Crippen molar-refractivity contribution in [3.63, 3.8) is 0 Å². The van der Waals surface area contributed by atoms with Gasteiger partial charge in [-0.1, -0.05) is 48.5 Å². The number of phenolic OH excluding ortho intramolecular Hbond substituents is 1. The fourth-order valence-corrected chi connectivity index (χ4v) is 3.71. The number of nitrogens with zero attached hydrogens (tertiary/aromatic N) is 2. The highest BCUT2D eigenvalue weighted by atomic mass is 16.5. The van der Waals surface area contributed by atoms with Crippen molar-refractivity contribution in [3.8, 4) is 23.0 Å². The predicted molar refractivity (Wildman–Crippen MR) is 131 cm³/mol. The molecule has 0 fully saturated rings. The van der Waals surface area contributed by atoms with Gasteiger partial charge in [0.2, 0.25) is 5.89 Å². The van der Waals surface area contributed by atoms with E-state index in [0.717, 1.165) is 28.6 Å². The van der Waals surface area contributed by atoms with Gasteiger partial charge in [-0.2, -0.15) is 0 Å². The first-order chi connectivity index (χ1) is 16.2. The molecular weight excluding hydrogens is 412 g/mol. The fourth-order valence-electron chi connectivity index (χ4n) is 3.71. The molecule has 0 bridgehead atoms. The predicted octanol–water partition coefficient (Wildman–Crippen LogP) is 6.55. The molecule has 1 N–H and O–H groups in total. The van der Waals surface area contributed by atoms with E-state index in [1.807, 2.05) is 72.8 Å². The van der Waals surface area contributed by atoms with Crippen LogP contribution < -0.4 is 4.74 Å². The number of aromatic nitrogens is 1. The topological polar surface area (TPSA) is 67.9 Å². The zero-order valence-electron chi connectivity index (χ0n) is 18.1. The monoisotopic (exact) mass is 434 g/mol. The van der Waals surface area contributed by atoms with Crippen molar-refractivity contribution in [3.05, 3.63) is 108 Å². The fraction of sp³-hybridized carbons (Fsp3) is 0.0714. The summed E-state index contributed by atoms with van der Waals surface area (Å²) in [6.45, 7) is 0. The number of para-hydroxylation sites is 2. The highest BCUT2D eigenvalue weighted by Gasteiger charge is 2.11. The summed E-state index contributed by atoms with van der Waals surface area (Å²) in [4.78, 5) is 9.18. The number of methoxy groups -OCH3 is 1. The summed E-state index contributed by atoms with van der Waals surface area (Å²) in [6, 6.07) is 29.0. The molecule has 0 radical (unpaired) electrons. The van der Waals surface area contributed by atoms with Crippen LogP contribution in [0.1, 0.15) is 16.7 Å². The lowest BCUT2D eigenvalue weighted by Crippen LogP contribution is -1.91. The van der Waals surface area contributed by atoms with Crippen molar-refractivity contribution in [1.29, 1.82) is 0 Å². The molecule has 5 nitrogen and oxygen atoms in total. The van der Waals surface area contributed by atoms with Crippen molar-refractivity contribution in [1.82, 2.24) is 4.98 Å². The molecule has 0 saturated carbocycles. The molecule has 0 atom stereocenters. The number of fused-ring (bicyclic) bond motifs is 1. The van der Waals surface area contributed by atoms with Crippen LogP contribution >= 0.6 is 0 Å². The summed E-state index contributed by atoms with van der Waals surface area (Å²) in [6.07, 6.45) is 2.43. The molecular formula is C28H22N2O3. The summed E-state index contributed by atoms with van der Waals surface area (Å²) in [5, 5.41) is 10.4. The average molecular weight is 434 g/mol. The molecule has 5 aromatic rings. The SMILES string of the molecule is COc1ccc(-c2nc3ccccc3o2)cc1N=Cc1cc(Cc2ccccc2)ccc1O. The molecule has 0 unspecified atom stereocenters. The highest BCUT2D eigenvalue weighted by molar-refractivity contribution is 5.87. The summed E-state index contributed by atoms with van der Waals surface area (Å²) < 4.78 is 11.4. The van der Waals surface area contributed by atoms with E-state index in [-0.39, 0.29) is 5.75 Å². The Morgan fingerprint density at radius 1 is 0.909 bits per heavy atom. The Bertz CT molecular complexity index is 1410. The maximum Gasteiger partial charge on any atom is 0.227 e. The lowest BCUT2D eigenvalue weighted by Gasteiger charge is -2.07. The quantitative estimate of drug-likeness (QED) is 0.308. The lowest BCUT2D eigenvalue weighted by atomic mass is 10.0. The summed E-state index contributed by atoms with van der Waals surface area (Å²) in [7, 11) is 1.60. The number of hydrogen-bond donors (Lipinski definition) is 1. The average Bonchev–Trinajstić information content (AvgIpc) is 3.29. The van der Waals surface area contributed by atoms with Crippen LogP contribution in [0.4, 0.5) is 5.69 Å². The Morgan fingerprint density at radius 2 is 1.73 bits per heavy atom. The number of rotatable bonds is 6. The van der Waals surface area contributed by atoms with Gasteiger partial charge in [-0.3, -0.25) is 4.99 Å². The van der Waals surface area contributed by atoms with Crippen molar-refractivity contribution in [2.24, 2.45) is 4.99 Å². The van der Waals surface area contributed by atoms with Gasteiger partial charge in [-0.05, 0) is 60.0 Å². The minimum absolute atomic E-state index is 0.171. The Kier molecular flexibility index (Phi) is 5.60. The Morgan fingerprint density at radius 3 is 2.55 bits per heavy atom. The van der Waals surface area contributed by atoms with E-state index in [0.29, 0.717) is 22.9 Å². The Hall–Kier alpha value is -4.38. The second kappa shape index (κ2) is 9.01. The number of aliphatic imine (C=N–C) groups is 1. The third-order valence-corrected chi connectivity index (χ3v) is 5.41. The van der Waals surface area contributed by atoms with Crippen LogP contribution in [0.25, 0.3) is 22.6 Å². The van der Waals surface area contributed by atoms with Gasteiger partial charge in [0, 0.05) is 17.3 Å². The van der Waals surface area contributed by atoms with Crippen LogP contribution in [0.3, 0.4) is 0 Å². The molecule has 0 amide bonds. The number of benzene rings is 4. The maximum atomic E-state index is 10.4. The first kappa shape index (κ1) is 20.5. The smallest absolute Gasteiger partial charge is 0.227 e. The molecule has 1 heterocycles. The van der Waals surface area contributed by atoms with Crippen molar-refractivity contribution in [2.45, 2.75) is 6.42 Å². The first-order valence-electron chi connectivity index (χ1n) is 10.6. The molecule has 0 aliphatic carbocycles. The van der Waals surface area contributed by atoms with E-state index in [1.54, 1.807) is 19.4 Å². The number of phenols is 1. The third kappa shape index (κ3) is 4.48. The summed E-state index contributed by atoms with van der Waals surface area (Å²) in [5.74, 6) is 1.30. The molecule has 5 rings (SSSR count). The third-order valence-electron chi connectivity index (χ3n) is 5.41. The van der Waals surface area contributed by atoms with Crippen LogP contribution in [-0.4, -0.2) is 23.4 Å². The van der Waals surface area contributed by atoms with Gasteiger partial charge in [0.1, 0.15) is 22.7 Å². The van der Waals surface area contributed by atoms with Gasteiger partial charge in [-0.15, -0.1) is 0 Å². The van der Waals surface area contributed by atoms with Crippen LogP contribution in [0, 0.1) is 0 Å². The standard InChI is InChI=1S/C28H22N2O3/c1-32-26-14-12-21(28-30-23-9-5-6-10-27(23)33-28)17-24(26)29-18-22-16-20(11-13-25(22)31)15-19-7-3-2-4-8-19/h2-14,16-18,31H,15H2,1H3. The number of oxazole rings is 1. The molecule has 0 spiro atoms. The van der Waals surface area contributed by atoms with E-state index in [2.05, 4.69) is 22.1 Å². The normalized spacial score (nSPS) is 11.3. The first-order valence-corrected chi connectivity index (χ1v) is 10.6. The van der Waals surface area contributed by atoms with Gasteiger partial charge >= 0.3 is 0 Å². The van der Waals surface area contributed by atoms with Crippen LogP contribution in [0.2, 0.25) is 0 Å². The molecule has 5 heteroatoms. The van der Waals surface area contributed by atoms with Gasteiger partial charge in [0.25, 0.3) is 0 Å². The van der Waals surface area contributed by atoms with E-state index >= 15 is 0 Å². The number of hydrogen-bond acceptors (Lipinski definition) is 5. The van der Waals surface area contributed by atoms with E-state index < -0.39 is 0 Å². The Balaban J connectivity index is 1.46. The van der Waals surface area contributed by atoms with Crippen molar-refractivity contribution < 1.29 is 14.3 Å². The molecule has 0 aliphatic heterocycles. The maximum absolute atomic E-state index is 10.4. The van der Waals surface area contributed by atoms with Crippen LogP contribution in [0.5, 0.6) is 11.5 Å². The summed E-state index contributed by atoms with van der Waals surface area (Å²) in [5.41, 5.74) is 5.87. The van der Waals surface area contributed by atoms with E-state index in [4.69, 9.17) is 9.15 Å². The molecule has 1 aromatic heterocycles. The minimum Gasteiger partial charge on any atom is -0.507 e. The molecule has 33 heavy (non-hydrogen) atoms. The Labute approximate surface area is 191 Å². The molecule has 0 saturated heterocycles. The van der Waals surface area contributed by atoms with E-state index in [9.17, 15) is 5.11 Å². The van der Waals surface area contributed by atoms with E-state index in [1.165, 1.54) is 5.56 Å². The zero-order chi connectivity index (χ0) is 22.6. The van der Waals surface area contributed by atoms with Crippen molar-refractivity contribution in [2.75, 3.05) is 7.11 Å². The van der Waals surface area contributed by atoms with Gasteiger partial charge in [0.15, 0.2) is 5.58 Å². The van der Waals surface area contributed by atoms with Gasteiger partial charge < -0.3 is 14.3 Å². The minimum atomic E-state index is 0.171. The lowest BCUT2D eigenvalue weighted by molar-refractivity contribution is 0.416. The highest BCUT2D eigenvalue weighted by Crippen LogP contribution is 2.34. The molecule has 162 valence electrons. The summed E-state index contributed by atoms with van der Waals surface area (Å²) >= 11 is 0. The molecule has 4 aromatic carbocycles. The second-order valence-electron chi connectivity index (χ2n) is 7.69.